The van der Waals surface area contributed by atoms with Crippen LogP contribution in [0.25, 0.3) is 22.2 Å². The third-order valence-electron chi connectivity index (χ3n) is 4.90. The van der Waals surface area contributed by atoms with Crippen LogP contribution >= 0.6 is 0 Å². The lowest BCUT2D eigenvalue weighted by atomic mass is 9.99. The molecule has 1 fully saturated rings. The first kappa shape index (κ1) is 17.6. The van der Waals surface area contributed by atoms with Gasteiger partial charge in [0.25, 0.3) is 5.91 Å². The summed E-state index contributed by atoms with van der Waals surface area (Å²) in [7, 11) is 0. The number of carbonyl (C=O) groups excluding carboxylic acids is 1. The number of piperidine rings is 1. The first-order valence-corrected chi connectivity index (χ1v) is 8.78. The van der Waals surface area contributed by atoms with E-state index in [2.05, 4.69) is 5.16 Å². The molecule has 0 bridgehead atoms. The minimum Gasteiger partial charge on any atom is -0.355 e. The fourth-order valence-electron chi connectivity index (χ4n) is 3.55. The number of hydrogen-bond acceptors (Lipinski definition) is 3. The number of nitrogens with zero attached hydrogens (tertiary/aromatic N) is 2. The van der Waals surface area contributed by atoms with Crippen molar-refractivity contribution < 1.29 is 22.5 Å². The number of rotatable bonds is 2. The molecule has 27 heavy (non-hydrogen) atoms. The van der Waals surface area contributed by atoms with Crippen LogP contribution < -0.4 is 0 Å². The van der Waals surface area contributed by atoms with Crippen LogP contribution in [0.3, 0.4) is 0 Å². The molecule has 2 heterocycles. The number of benzene rings is 2. The molecule has 140 valence electrons. The lowest BCUT2D eigenvalue weighted by molar-refractivity contribution is -0.183. The molecule has 1 atom stereocenters. The molecule has 3 aromatic rings. The van der Waals surface area contributed by atoms with Crippen molar-refractivity contribution in [3.8, 4) is 11.3 Å². The van der Waals surface area contributed by atoms with E-state index in [1.165, 1.54) is 6.07 Å². The van der Waals surface area contributed by atoms with E-state index < -0.39 is 18.1 Å². The van der Waals surface area contributed by atoms with Gasteiger partial charge in [0.1, 0.15) is 11.6 Å². The number of hydrogen-bond donors (Lipinski definition) is 0. The quantitative estimate of drug-likeness (QED) is 0.630. The second-order valence-electron chi connectivity index (χ2n) is 6.66. The van der Waals surface area contributed by atoms with Gasteiger partial charge in [-0.05, 0) is 37.5 Å². The van der Waals surface area contributed by atoms with E-state index in [0.717, 1.165) is 10.5 Å². The molecule has 1 aromatic heterocycles. The molecule has 1 amide bonds. The molecule has 0 radical (unpaired) electrons. The van der Waals surface area contributed by atoms with E-state index in [1.807, 2.05) is 30.3 Å². The average Bonchev–Trinajstić information content (AvgIpc) is 3.10. The Morgan fingerprint density at radius 3 is 2.63 bits per heavy atom. The van der Waals surface area contributed by atoms with Crippen LogP contribution in [0.1, 0.15) is 29.6 Å². The summed E-state index contributed by atoms with van der Waals surface area (Å²) in [6.45, 7) is 0.107. The summed E-state index contributed by atoms with van der Waals surface area (Å²) in [5.74, 6) is -0.120. The largest absolute Gasteiger partial charge is 0.408 e. The summed E-state index contributed by atoms with van der Waals surface area (Å²) in [4.78, 5) is 13.8. The third kappa shape index (κ3) is 3.29. The molecular weight excluding hydrogens is 357 g/mol. The Bertz CT molecular complexity index is 966. The average molecular weight is 374 g/mol. The van der Waals surface area contributed by atoms with E-state index in [1.54, 1.807) is 12.1 Å². The highest BCUT2D eigenvalue weighted by molar-refractivity contribution is 6.01. The molecule has 7 heteroatoms. The standard InChI is InChI=1S/C20H17F3N2O2/c21-20(22,23)17-8-4-5-11-25(17)19(26)14-9-10-16-15(12-14)18(27-24-16)13-6-2-1-3-7-13/h1-3,6-7,9-10,12,17H,4-5,8,11H2. The fraction of sp³-hybridized carbons (Fsp3) is 0.300. The van der Waals surface area contributed by atoms with Gasteiger partial charge in [-0.3, -0.25) is 4.79 Å². The van der Waals surface area contributed by atoms with Gasteiger partial charge < -0.3 is 9.42 Å². The van der Waals surface area contributed by atoms with Gasteiger partial charge in [0, 0.05) is 17.7 Å². The fourth-order valence-corrected chi connectivity index (χ4v) is 3.55. The van der Waals surface area contributed by atoms with Crippen molar-refractivity contribution >= 4 is 16.8 Å². The topological polar surface area (TPSA) is 46.3 Å². The van der Waals surface area contributed by atoms with E-state index >= 15 is 0 Å². The van der Waals surface area contributed by atoms with Gasteiger partial charge in [0.2, 0.25) is 0 Å². The molecule has 0 spiro atoms. The van der Waals surface area contributed by atoms with Crippen LogP contribution in [-0.4, -0.2) is 34.7 Å². The Labute approximate surface area is 153 Å². The molecular formula is C20H17F3N2O2. The zero-order chi connectivity index (χ0) is 19.0. The predicted octanol–water partition coefficient (Wildman–Crippen LogP) is 5.05. The molecule has 4 rings (SSSR count). The lowest BCUT2D eigenvalue weighted by Gasteiger charge is -2.36. The zero-order valence-electron chi connectivity index (χ0n) is 14.4. The van der Waals surface area contributed by atoms with Crippen molar-refractivity contribution in [2.75, 3.05) is 6.54 Å². The minimum absolute atomic E-state index is 0.0555. The Morgan fingerprint density at radius 2 is 1.89 bits per heavy atom. The van der Waals surface area contributed by atoms with Crippen molar-refractivity contribution in [1.29, 1.82) is 0 Å². The maximum atomic E-state index is 13.3. The van der Waals surface area contributed by atoms with Gasteiger partial charge in [0.15, 0.2) is 5.76 Å². The van der Waals surface area contributed by atoms with E-state index in [0.29, 0.717) is 29.5 Å². The van der Waals surface area contributed by atoms with Crippen molar-refractivity contribution in [1.82, 2.24) is 10.1 Å². The van der Waals surface area contributed by atoms with Gasteiger partial charge in [-0.15, -0.1) is 0 Å². The predicted molar refractivity (Wildman–Crippen MR) is 94.2 cm³/mol. The molecule has 0 aliphatic carbocycles. The van der Waals surface area contributed by atoms with Crippen LogP contribution in [0, 0.1) is 0 Å². The van der Waals surface area contributed by atoms with Gasteiger partial charge in [-0.25, -0.2) is 0 Å². The normalized spacial score (nSPS) is 18.0. The van der Waals surface area contributed by atoms with Crippen molar-refractivity contribution in [2.45, 2.75) is 31.5 Å². The third-order valence-corrected chi connectivity index (χ3v) is 4.90. The van der Waals surface area contributed by atoms with E-state index in [4.69, 9.17) is 4.52 Å². The van der Waals surface area contributed by atoms with Crippen molar-refractivity contribution in [3.05, 3.63) is 54.1 Å². The Kier molecular flexibility index (Phi) is 4.37. The maximum absolute atomic E-state index is 13.3. The number of aromatic nitrogens is 1. The smallest absolute Gasteiger partial charge is 0.355 e. The summed E-state index contributed by atoms with van der Waals surface area (Å²) in [5, 5.41) is 4.59. The van der Waals surface area contributed by atoms with Gasteiger partial charge in [-0.2, -0.15) is 13.2 Å². The first-order valence-electron chi connectivity index (χ1n) is 8.78. The van der Waals surface area contributed by atoms with Crippen LogP contribution in [0.5, 0.6) is 0 Å². The number of carbonyl (C=O) groups is 1. The van der Waals surface area contributed by atoms with E-state index in [9.17, 15) is 18.0 Å². The van der Waals surface area contributed by atoms with Gasteiger partial charge >= 0.3 is 6.18 Å². The monoisotopic (exact) mass is 374 g/mol. The summed E-state index contributed by atoms with van der Waals surface area (Å²) >= 11 is 0. The molecule has 0 saturated carbocycles. The number of alkyl halides is 3. The minimum atomic E-state index is -4.42. The van der Waals surface area contributed by atoms with Crippen molar-refractivity contribution in [2.24, 2.45) is 0 Å². The van der Waals surface area contributed by atoms with Crippen molar-refractivity contribution in [3.63, 3.8) is 0 Å². The highest BCUT2D eigenvalue weighted by Gasteiger charge is 2.46. The molecule has 1 aliphatic heterocycles. The van der Waals surface area contributed by atoms with E-state index in [-0.39, 0.29) is 18.5 Å². The van der Waals surface area contributed by atoms with Crippen LogP contribution in [-0.2, 0) is 0 Å². The molecule has 1 saturated heterocycles. The second-order valence-corrected chi connectivity index (χ2v) is 6.66. The van der Waals surface area contributed by atoms with Gasteiger partial charge in [-0.1, -0.05) is 35.5 Å². The molecule has 1 aliphatic rings. The summed E-state index contributed by atoms with van der Waals surface area (Å²) in [5.41, 5.74) is 1.55. The maximum Gasteiger partial charge on any atom is 0.408 e. The number of amides is 1. The molecule has 2 aromatic carbocycles. The summed E-state index contributed by atoms with van der Waals surface area (Å²) in [6, 6.07) is 12.2. The van der Waals surface area contributed by atoms with Gasteiger partial charge in [0.05, 0.1) is 5.39 Å². The van der Waals surface area contributed by atoms with Crippen LogP contribution in [0.15, 0.2) is 53.1 Å². The highest BCUT2D eigenvalue weighted by atomic mass is 19.4. The Hall–Kier alpha value is -2.83. The SMILES string of the molecule is O=C(c1ccc2noc(-c3ccccc3)c2c1)N1CCCCC1C(F)(F)F. The Morgan fingerprint density at radius 1 is 1.11 bits per heavy atom. The van der Waals surface area contributed by atoms with Crippen LogP contribution in [0.4, 0.5) is 13.2 Å². The second kappa shape index (κ2) is 6.72. The number of likely N-dealkylation sites (tertiary alicyclic amines) is 1. The molecule has 4 nitrogen and oxygen atoms in total. The lowest BCUT2D eigenvalue weighted by Crippen LogP contribution is -2.51. The van der Waals surface area contributed by atoms with Crippen LogP contribution in [0.2, 0.25) is 0 Å². The Balaban J connectivity index is 1.72. The number of fused-ring (bicyclic) bond motifs is 1. The summed E-state index contributed by atoms with van der Waals surface area (Å²) in [6.07, 6.45) is -3.44. The highest BCUT2D eigenvalue weighted by Crippen LogP contribution is 2.34. The number of halogens is 3. The zero-order valence-corrected chi connectivity index (χ0v) is 14.4. The first-order chi connectivity index (χ1) is 12.9. The molecule has 1 unspecified atom stereocenters. The summed E-state index contributed by atoms with van der Waals surface area (Å²) < 4.78 is 45.4. The molecule has 0 N–H and O–H groups in total.